The summed E-state index contributed by atoms with van der Waals surface area (Å²) in [5, 5.41) is 9.96. The summed E-state index contributed by atoms with van der Waals surface area (Å²) in [4.78, 5) is 16.9. The van der Waals surface area contributed by atoms with Gasteiger partial charge in [-0.05, 0) is 29.8 Å². The molecule has 1 aliphatic rings. The summed E-state index contributed by atoms with van der Waals surface area (Å²) in [6.45, 7) is 1.08. The van der Waals surface area contributed by atoms with Gasteiger partial charge in [-0.2, -0.15) is 4.98 Å². The van der Waals surface area contributed by atoms with Gasteiger partial charge in [0.05, 0.1) is 44.4 Å². The van der Waals surface area contributed by atoms with Crippen molar-refractivity contribution in [3.8, 4) is 34.4 Å². The number of anilines is 1. The summed E-state index contributed by atoms with van der Waals surface area (Å²) in [6, 6.07) is 8.78. The van der Waals surface area contributed by atoms with E-state index in [2.05, 4.69) is 20.5 Å². The Morgan fingerprint density at radius 3 is 2.84 bits per heavy atom. The number of rotatable bonds is 6. The first kappa shape index (κ1) is 20.8. The minimum Gasteiger partial charge on any atom is -0.497 e. The number of fused-ring (bicyclic) bond motifs is 1. The van der Waals surface area contributed by atoms with Gasteiger partial charge < -0.3 is 18.9 Å². The molecule has 9 nitrogen and oxygen atoms in total. The number of halogens is 1. The van der Waals surface area contributed by atoms with Gasteiger partial charge in [0.1, 0.15) is 11.5 Å². The number of benzene rings is 2. The molecule has 0 atom stereocenters. The maximum Gasteiger partial charge on any atom is 0.249 e. The number of hydrogen-bond donors (Lipinski definition) is 2. The summed E-state index contributed by atoms with van der Waals surface area (Å²) in [5.74, 6) is 2.58. The fraction of sp³-hybridized carbons (Fsp3) is 0.286. The van der Waals surface area contributed by atoms with Gasteiger partial charge in [0.25, 0.3) is 0 Å². The first-order valence-corrected chi connectivity index (χ1v) is 9.98. The van der Waals surface area contributed by atoms with Crippen molar-refractivity contribution < 1.29 is 23.7 Å². The predicted octanol–water partition coefficient (Wildman–Crippen LogP) is 3.48. The van der Waals surface area contributed by atoms with Crippen LogP contribution in [0.5, 0.6) is 23.0 Å². The number of methoxy groups -OCH3 is 2. The molecule has 1 amide bonds. The lowest BCUT2D eigenvalue weighted by Crippen LogP contribution is -2.15. The Kier molecular flexibility index (Phi) is 6.13. The number of nitrogens with one attached hydrogen (secondary N) is 2. The molecule has 3 aromatic rings. The maximum absolute atomic E-state index is 12.5. The van der Waals surface area contributed by atoms with Crippen LogP contribution in [0.4, 0.5) is 5.95 Å². The van der Waals surface area contributed by atoms with Crippen molar-refractivity contribution in [1.82, 2.24) is 15.2 Å². The van der Waals surface area contributed by atoms with E-state index in [9.17, 15) is 4.79 Å². The smallest absolute Gasteiger partial charge is 0.249 e. The molecule has 0 unspecified atom stereocenters. The van der Waals surface area contributed by atoms with Crippen LogP contribution in [-0.2, 0) is 11.2 Å². The number of aromatic nitrogens is 3. The number of amides is 1. The van der Waals surface area contributed by atoms with E-state index in [1.165, 1.54) is 0 Å². The lowest BCUT2D eigenvalue weighted by atomic mass is 10.1. The minimum absolute atomic E-state index is 0.0755. The molecule has 1 aromatic heterocycles. The summed E-state index contributed by atoms with van der Waals surface area (Å²) in [6.07, 6.45) is 0.846. The molecule has 0 spiro atoms. The van der Waals surface area contributed by atoms with Crippen LogP contribution in [0, 0.1) is 0 Å². The Morgan fingerprint density at radius 1 is 1.19 bits per heavy atom. The van der Waals surface area contributed by atoms with Crippen LogP contribution in [-0.4, -0.2) is 48.5 Å². The average Bonchev–Trinajstić information content (AvgIpc) is 3.08. The number of carbonyl (C=O) groups excluding carboxylic acids is 1. The SMILES string of the molecule is COc1ccc(-c2nc(NC(=O)Cc3cc(Cl)c4c(c3)OCCCO4)n[nH]2)c(OC)c1. The summed E-state index contributed by atoms with van der Waals surface area (Å²) >= 11 is 6.30. The van der Waals surface area contributed by atoms with Gasteiger partial charge in [0.2, 0.25) is 11.9 Å². The molecule has 0 bridgehead atoms. The highest BCUT2D eigenvalue weighted by Crippen LogP contribution is 2.38. The van der Waals surface area contributed by atoms with E-state index < -0.39 is 0 Å². The zero-order chi connectivity index (χ0) is 21.8. The van der Waals surface area contributed by atoms with Gasteiger partial charge >= 0.3 is 0 Å². The Hall–Kier alpha value is -3.46. The molecule has 4 rings (SSSR count). The van der Waals surface area contributed by atoms with Crippen molar-refractivity contribution in [2.24, 2.45) is 0 Å². The second kappa shape index (κ2) is 9.13. The number of carbonyl (C=O) groups is 1. The Labute approximate surface area is 183 Å². The summed E-state index contributed by atoms with van der Waals surface area (Å²) in [5.41, 5.74) is 1.38. The number of nitrogens with zero attached hydrogens (tertiary/aromatic N) is 2. The fourth-order valence-corrected chi connectivity index (χ4v) is 3.46. The van der Waals surface area contributed by atoms with E-state index in [0.29, 0.717) is 58.2 Å². The quantitative estimate of drug-likeness (QED) is 0.599. The Bertz CT molecular complexity index is 1100. The van der Waals surface area contributed by atoms with E-state index in [1.54, 1.807) is 44.6 Å². The molecule has 0 fully saturated rings. The molecule has 2 N–H and O–H groups in total. The van der Waals surface area contributed by atoms with E-state index in [4.69, 9.17) is 30.5 Å². The zero-order valence-electron chi connectivity index (χ0n) is 17.0. The van der Waals surface area contributed by atoms with E-state index in [0.717, 1.165) is 6.42 Å². The van der Waals surface area contributed by atoms with Crippen LogP contribution in [0.2, 0.25) is 5.02 Å². The molecule has 2 heterocycles. The third-order valence-electron chi connectivity index (χ3n) is 4.63. The molecule has 0 saturated carbocycles. The van der Waals surface area contributed by atoms with Crippen molar-refractivity contribution in [1.29, 1.82) is 0 Å². The molecule has 10 heteroatoms. The minimum atomic E-state index is -0.294. The predicted molar refractivity (Wildman–Crippen MR) is 114 cm³/mol. The highest BCUT2D eigenvalue weighted by Gasteiger charge is 2.18. The normalized spacial score (nSPS) is 12.7. The lowest BCUT2D eigenvalue weighted by molar-refractivity contribution is -0.115. The number of ether oxygens (including phenoxy) is 4. The molecule has 162 valence electrons. The molecular formula is C21H21ClN4O5. The average molecular weight is 445 g/mol. The van der Waals surface area contributed by atoms with Crippen LogP contribution >= 0.6 is 11.6 Å². The molecule has 0 saturated heterocycles. The topological polar surface area (TPSA) is 108 Å². The number of aromatic amines is 1. The van der Waals surface area contributed by atoms with Gasteiger partial charge in [-0.25, -0.2) is 0 Å². The van der Waals surface area contributed by atoms with Gasteiger partial charge in [0.15, 0.2) is 17.3 Å². The first-order valence-electron chi connectivity index (χ1n) is 9.60. The highest BCUT2D eigenvalue weighted by molar-refractivity contribution is 6.32. The largest absolute Gasteiger partial charge is 0.497 e. The van der Waals surface area contributed by atoms with Crippen molar-refractivity contribution in [2.45, 2.75) is 12.8 Å². The van der Waals surface area contributed by atoms with Crippen LogP contribution in [0.25, 0.3) is 11.4 Å². The number of H-pyrrole nitrogens is 1. The lowest BCUT2D eigenvalue weighted by Gasteiger charge is -2.11. The van der Waals surface area contributed by atoms with Crippen molar-refractivity contribution >= 4 is 23.5 Å². The molecule has 0 aliphatic carbocycles. The van der Waals surface area contributed by atoms with Gasteiger partial charge in [-0.15, -0.1) is 5.10 Å². The second-order valence-electron chi connectivity index (χ2n) is 6.75. The van der Waals surface area contributed by atoms with Gasteiger partial charge in [0, 0.05) is 12.5 Å². The highest BCUT2D eigenvalue weighted by atomic mass is 35.5. The molecule has 2 aromatic carbocycles. The molecule has 0 radical (unpaired) electrons. The van der Waals surface area contributed by atoms with Gasteiger partial charge in [-0.1, -0.05) is 11.6 Å². The zero-order valence-corrected chi connectivity index (χ0v) is 17.8. The first-order chi connectivity index (χ1) is 15.1. The molecular weight excluding hydrogens is 424 g/mol. The molecule has 1 aliphatic heterocycles. The fourth-order valence-electron chi connectivity index (χ4n) is 3.17. The summed E-state index contributed by atoms with van der Waals surface area (Å²) in [7, 11) is 3.13. The maximum atomic E-state index is 12.5. The van der Waals surface area contributed by atoms with Crippen LogP contribution in [0.3, 0.4) is 0 Å². The van der Waals surface area contributed by atoms with E-state index >= 15 is 0 Å². The third kappa shape index (κ3) is 4.66. The molecule has 31 heavy (non-hydrogen) atoms. The standard InChI is InChI=1S/C21H21ClN4O5/c1-28-13-4-5-14(16(11-13)29-2)20-24-21(26-25-20)23-18(27)10-12-8-15(22)19-17(9-12)30-6-3-7-31-19/h4-5,8-9,11H,3,6-7,10H2,1-2H3,(H2,23,24,25,26,27). The third-order valence-corrected chi connectivity index (χ3v) is 4.91. The van der Waals surface area contributed by atoms with Crippen LogP contribution in [0.15, 0.2) is 30.3 Å². The Morgan fingerprint density at radius 2 is 2.03 bits per heavy atom. The van der Waals surface area contributed by atoms with E-state index in [-0.39, 0.29) is 18.3 Å². The monoisotopic (exact) mass is 444 g/mol. The Balaban J connectivity index is 1.47. The van der Waals surface area contributed by atoms with Crippen molar-refractivity contribution in [2.75, 3.05) is 32.8 Å². The van der Waals surface area contributed by atoms with Crippen LogP contribution in [0.1, 0.15) is 12.0 Å². The van der Waals surface area contributed by atoms with Crippen LogP contribution < -0.4 is 24.3 Å². The van der Waals surface area contributed by atoms with Crippen molar-refractivity contribution in [3.63, 3.8) is 0 Å². The summed E-state index contributed by atoms with van der Waals surface area (Å²) < 4.78 is 21.9. The van der Waals surface area contributed by atoms with Gasteiger partial charge in [-0.3, -0.25) is 15.2 Å². The number of hydrogen-bond acceptors (Lipinski definition) is 7. The second-order valence-corrected chi connectivity index (χ2v) is 7.16. The van der Waals surface area contributed by atoms with Crippen molar-refractivity contribution in [3.05, 3.63) is 40.9 Å². The van der Waals surface area contributed by atoms with E-state index in [1.807, 2.05) is 0 Å².